The van der Waals surface area contributed by atoms with Gasteiger partial charge in [0.15, 0.2) is 0 Å². The molecular formula is C23H28N2O5S. The fraction of sp³-hybridized carbons (Fsp3) is 0.304. The smallest absolute Gasteiger partial charge is 0.412 e. The predicted molar refractivity (Wildman–Crippen MR) is 121 cm³/mol. The van der Waals surface area contributed by atoms with Crippen molar-refractivity contribution < 1.29 is 24.6 Å². The van der Waals surface area contributed by atoms with Gasteiger partial charge in [0.2, 0.25) is 0 Å². The lowest BCUT2D eigenvalue weighted by Gasteiger charge is -2.34. The molecule has 2 aromatic carbocycles. The van der Waals surface area contributed by atoms with Crippen molar-refractivity contribution in [2.75, 3.05) is 11.6 Å². The van der Waals surface area contributed by atoms with E-state index >= 15 is 0 Å². The number of rotatable bonds is 9. The van der Waals surface area contributed by atoms with Crippen molar-refractivity contribution in [1.29, 1.82) is 0 Å². The van der Waals surface area contributed by atoms with E-state index in [9.17, 15) is 14.7 Å². The first-order chi connectivity index (χ1) is 14.7. The second kappa shape index (κ2) is 11.4. The molecule has 2 rings (SSSR count). The average Bonchev–Trinajstić information content (AvgIpc) is 2.76. The van der Waals surface area contributed by atoms with E-state index in [2.05, 4.69) is 5.32 Å². The molecule has 0 spiro atoms. The third kappa shape index (κ3) is 7.66. The van der Waals surface area contributed by atoms with E-state index in [1.54, 1.807) is 47.6 Å². The number of hydrogen-bond donors (Lipinski definition) is 4. The molecule has 0 saturated carbocycles. The van der Waals surface area contributed by atoms with E-state index in [0.29, 0.717) is 18.5 Å². The van der Waals surface area contributed by atoms with Crippen LogP contribution in [0.15, 0.2) is 65.6 Å². The van der Waals surface area contributed by atoms with Crippen LogP contribution in [0.2, 0.25) is 0 Å². The van der Waals surface area contributed by atoms with Gasteiger partial charge in [-0.15, -0.1) is 11.8 Å². The van der Waals surface area contributed by atoms with Gasteiger partial charge < -0.3 is 9.84 Å². The summed E-state index contributed by atoms with van der Waals surface area (Å²) in [5, 5.41) is 20.9. The first kappa shape index (κ1) is 24.3. The van der Waals surface area contributed by atoms with Crippen LogP contribution < -0.4 is 10.8 Å². The maximum absolute atomic E-state index is 12.6. The van der Waals surface area contributed by atoms with Crippen LogP contribution in [0, 0.1) is 5.41 Å². The summed E-state index contributed by atoms with van der Waals surface area (Å²) in [6, 6.07) is 14.0. The summed E-state index contributed by atoms with van der Waals surface area (Å²) >= 11 is 1.61. The van der Waals surface area contributed by atoms with Crippen LogP contribution in [-0.4, -0.2) is 28.6 Å². The van der Waals surface area contributed by atoms with E-state index < -0.39 is 23.5 Å². The van der Waals surface area contributed by atoms with Crippen molar-refractivity contribution in [3.8, 4) is 5.75 Å². The number of phenolic OH excluding ortho intramolecular Hbond substituents is 1. The number of thioether (sulfide) groups is 1. The fourth-order valence-electron chi connectivity index (χ4n) is 3.07. The Morgan fingerprint density at radius 3 is 2.35 bits per heavy atom. The van der Waals surface area contributed by atoms with Gasteiger partial charge in [0, 0.05) is 22.1 Å². The van der Waals surface area contributed by atoms with Gasteiger partial charge in [0.25, 0.3) is 5.91 Å². The standard InChI is InChI=1S/C23H28N2O5S/c1-23(2,15-5-4-6-20(27)25-29)21(16-7-11-18(26)12-8-16)30-22(28)24-17-9-13-19(31-3)14-10-17/h4,6-14,21,26,29H,5,15H2,1-3H3,(H,24,28)(H,25,27)/b6-4+/t21-/m0/s1. The molecule has 166 valence electrons. The molecule has 31 heavy (non-hydrogen) atoms. The zero-order valence-electron chi connectivity index (χ0n) is 17.8. The minimum atomic E-state index is -0.601. The first-order valence-electron chi connectivity index (χ1n) is 9.76. The van der Waals surface area contributed by atoms with Crippen LogP contribution in [0.1, 0.15) is 38.4 Å². The second-order valence-electron chi connectivity index (χ2n) is 7.64. The van der Waals surface area contributed by atoms with Crippen molar-refractivity contribution >= 4 is 29.4 Å². The highest BCUT2D eigenvalue weighted by Crippen LogP contribution is 2.41. The lowest BCUT2D eigenvalue weighted by molar-refractivity contribution is -0.124. The third-order valence-electron chi connectivity index (χ3n) is 4.80. The van der Waals surface area contributed by atoms with Crippen molar-refractivity contribution in [3.05, 3.63) is 66.2 Å². The molecule has 7 nitrogen and oxygen atoms in total. The summed E-state index contributed by atoms with van der Waals surface area (Å²) in [5.74, 6) is -0.479. The summed E-state index contributed by atoms with van der Waals surface area (Å²) in [6.07, 6.45) is 4.83. The van der Waals surface area contributed by atoms with Crippen LogP contribution in [0.4, 0.5) is 10.5 Å². The number of ether oxygens (including phenoxy) is 1. The molecular weight excluding hydrogens is 416 g/mol. The fourth-order valence-corrected chi connectivity index (χ4v) is 3.48. The molecule has 0 aliphatic rings. The number of amides is 2. The summed E-state index contributed by atoms with van der Waals surface area (Å²) in [5.41, 5.74) is 2.43. The number of benzene rings is 2. The SMILES string of the molecule is CSc1ccc(NC(=O)O[C@@H](c2ccc(O)cc2)C(C)(C)CC/C=C/C(=O)NO)cc1. The lowest BCUT2D eigenvalue weighted by atomic mass is 9.78. The molecule has 0 unspecified atom stereocenters. The van der Waals surface area contributed by atoms with Crippen molar-refractivity contribution in [2.24, 2.45) is 5.41 Å². The zero-order chi connectivity index (χ0) is 22.9. The number of carbonyl (C=O) groups excluding carboxylic acids is 2. The van der Waals surface area contributed by atoms with E-state index in [4.69, 9.17) is 9.94 Å². The molecule has 8 heteroatoms. The van der Waals surface area contributed by atoms with Crippen molar-refractivity contribution in [2.45, 2.75) is 37.7 Å². The third-order valence-corrected chi connectivity index (χ3v) is 5.55. The number of carbonyl (C=O) groups is 2. The van der Waals surface area contributed by atoms with Gasteiger partial charge in [-0.3, -0.25) is 15.3 Å². The summed E-state index contributed by atoms with van der Waals surface area (Å²) in [4.78, 5) is 24.9. The van der Waals surface area contributed by atoms with Crippen molar-refractivity contribution in [3.63, 3.8) is 0 Å². The van der Waals surface area contributed by atoms with Gasteiger partial charge in [-0.25, -0.2) is 10.3 Å². The van der Waals surface area contributed by atoms with Gasteiger partial charge in [-0.2, -0.15) is 0 Å². The molecule has 2 amide bonds. The summed E-state index contributed by atoms with van der Waals surface area (Å²) in [6.45, 7) is 3.93. The molecule has 0 aliphatic heterocycles. The predicted octanol–water partition coefficient (Wildman–Crippen LogP) is 5.27. The zero-order valence-corrected chi connectivity index (χ0v) is 18.6. The van der Waals surface area contributed by atoms with Gasteiger partial charge >= 0.3 is 6.09 Å². The number of aromatic hydroxyl groups is 1. The largest absolute Gasteiger partial charge is 0.508 e. The second-order valence-corrected chi connectivity index (χ2v) is 8.52. The van der Waals surface area contributed by atoms with Gasteiger partial charge in [0.05, 0.1) is 0 Å². The number of hydroxylamine groups is 1. The van der Waals surface area contributed by atoms with Gasteiger partial charge in [-0.05, 0) is 61.1 Å². The number of hydrogen-bond acceptors (Lipinski definition) is 6. The normalized spacial score (nSPS) is 12.4. The minimum Gasteiger partial charge on any atom is -0.508 e. The summed E-state index contributed by atoms with van der Waals surface area (Å²) < 4.78 is 5.82. The van der Waals surface area contributed by atoms with Crippen LogP contribution in [0.25, 0.3) is 0 Å². The van der Waals surface area contributed by atoms with Crippen LogP contribution >= 0.6 is 11.8 Å². The van der Waals surface area contributed by atoms with Crippen LogP contribution in [-0.2, 0) is 9.53 Å². The van der Waals surface area contributed by atoms with Gasteiger partial charge in [0.1, 0.15) is 11.9 Å². The molecule has 0 aromatic heterocycles. The molecule has 0 saturated heterocycles. The quantitative estimate of drug-likeness (QED) is 0.182. The number of anilines is 1. The van der Waals surface area contributed by atoms with E-state index in [-0.39, 0.29) is 5.75 Å². The number of nitrogens with one attached hydrogen (secondary N) is 2. The molecule has 2 aromatic rings. The Hall–Kier alpha value is -2.97. The maximum atomic E-state index is 12.6. The number of allylic oxidation sites excluding steroid dienone is 1. The monoisotopic (exact) mass is 444 g/mol. The molecule has 1 atom stereocenters. The average molecular weight is 445 g/mol. The minimum absolute atomic E-state index is 0.122. The molecule has 0 bridgehead atoms. The molecule has 0 radical (unpaired) electrons. The molecule has 0 aliphatic carbocycles. The highest BCUT2D eigenvalue weighted by Gasteiger charge is 2.33. The molecule has 0 fully saturated rings. The molecule has 0 heterocycles. The van der Waals surface area contributed by atoms with E-state index in [0.717, 1.165) is 10.5 Å². The van der Waals surface area contributed by atoms with E-state index in [1.807, 2.05) is 44.4 Å². The van der Waals surface area contributed by atoms with Gasteiger partial charge in [-0.1, -0.05) is 32.1 Å². The highest BCUT2D eigenvalue weighted by molar-refractivity contribution is 7.98. The Bertz CT molecular complexity index is 895. The van der Waals surface area contributed by atoms with Crippen molar-refractivity contribution in [1.82, 2.24) is 5.48 Å². The highest BCUT2D eigenvalue weighted by atomic mass is 32.2. The number of phenols is 1. The Kier molecular flexibility index (Phi) is 8.96. The van der Waals surface area contributed by atoms with E-state index in [1.165, 1.54) is 6.08 Å². The molecule has 4 N–H and O–H groups in total. The van der Waals surface area contributed by atoms with Crippen LogP contribution in [0.3, 0.4) is 0 Å². The Morgan fingerprint density at radius 2 is 1.77 bits per heavy atom. The lowest BCUT2D eigenvalue weighted by Crippen LogP contribution is -2.29. The summed E-state index contributed by atoms with van der Waals surface area (Å²) in [7, 11) is 0. The van der Waals surface area contributed by atoms with Crippen LogP contribution in [0.5, 0.6) is 5.75 Å². The maximum Gasteiger partial charge on any atom is 0.412 e. The Labute approximate surface area is 186 Å². The first-order valence-corrected chi connectivity index (χ1v) is 11.0. The topological polar surface area (TPSA) is 108 Å². The Morgan fingerprint density at radius 1 is 1.13 bits per heavy atom. The Balaban J connectivity index is 2.15.